The first-order chi connectivity index (χ1) is 12.4. The van der Waals surface area contributed by atoms with Crippen molar-refractivity contribution in [1.82, 2.24) is 10.2 Å². The van der Waals surface area contributed by atoms with Gasteiger partial charge in [0.05, 0.1) is 12.2 Å². The molecule has 8 heteroatoms. The van der Waals surface area contributed by atoms with Crippen molar-refractivity contribution in [3.8, 4) is 0 Å². The summed E-state index contributed by atoms with van der Waals surface area (Å²) in [5, 5.41) is 5.55. The highest BCUT2D eigenvalue weighted by molar-refractivity contribution is 7.98. The predicted molar refractivity (Wildman–Crippen MR) is 103 cm³/mol. The monoisotopic (exact) mass is 378 g/mol. The van der Waals surface area contributed by atoms with E-state index in [-0.39, 0.29) is 30.3 Å². The molecule has 4 amide bonds. The van der Waals surface area contributed by atoms with Gasteiger partial charge in [0, 0.05) is 23.9 Å². The fourth-order valence-electron chi connectivity index (χ4n) is 3.23. The molecule has 1 fully saturated rings. The van der Waals surface area contributed by atoms with Gasteiger partial charge in [0.25, 0.3) is 0 Å². The van der Waals surface area contributed by atoms with Gasteiger partial charge in [-0.25, -0.2) is 4.79 Å². The molecular weight excluding hydrogens is 352 g/mol. The Morgan fingerprint density at radius 1 is 1.19 bits per heavy atom. The zero-order valence-electron chi connectivity index (χ0n) is 15.2. The zero-order valence-corrected chi connectivity index (χ0v) is 16.0. The standard InChI is InChI=1S/C18H26N4O3S/c1-22(11-16(23)21-14-5-3-4-6-15(14)26-2)17(24)12-7-9-13(10-8-12)20-18(19)25/h3-6,12-13H,7-11H2,1-2H3,(H,21,23)(H3,19,20,25). The summed E-state index contributed by atoms with van der Waals surface area (Å²) in [7, 11) is 1.65. The number of para-hydroxylation sites is 1. The average Bonchev–Trinajstić information content (AvgIpc) is 2.61. The summed E-state index contributed by atoms with van der Waals surface area (Å²) in [4.78, 5) is 38.2. The number of primary amides is 1. The number of thioether (sulfide) groups is 1. The lowest BCUT2D eigenvalue weighted by Crippen LogP contribution is -2.44. The SMILES string of the molecule is CSc1ccccc1NC(=O)CN(C)C(=O)C1CCC(NC(N)=O)CC1. The quantitative estimate of drug-likeness (QED) is 0.659. The van der Waals surface area contributed by atoms with Crippen LogP contribution in [0.25, 0.3) is 0 Å². The number of nitrogens with two attached hydrogens (primary N) is 1. The molecular formula is C18H26N4O3S. The highest BCUT2D eigenvalue weighted by Gasteiger charge is 2.29. The van der Waals surface area contributed by atoms with Crippen molar-refractivity contribution in [2.75, 3.05) is 25.2 Å². The van der Waals surface area contributed by atoms with Gasteiger partial charge in [0.15, 0.2) is 0 Å². The van der Waals surface area contributed by atoms with E-state index in [4.69, 9.17) is 5.73 Å². The predicted octanol–water partition coefficient (Wildman–Crippen LogP) is 2.03. The number of hydrogen-bond donors (Lipinski definition) is 3. The van der Waals surface area contributed by atoms with Crippen molar-refractivity contribution in [3.63, 3.8) is 0 Å². The molecule has 1 aromatic rings. The van der Waals surface area contributed by atoms with Crippen LogP contribution in [-0.2, 0) is 9.59 Å². The number of carbonyl (C=O) groups excluding carboxylic acids is 3. The topological polar surface area (TPSA) is 105 Å². The maximum absolute atomic E-state index is 12.6. The summed E-state index contributed by atoms with van der Waals surface area (Å²) in [6.07, 6.45) is 4.77. The minimum Gasteiger partial charge on any atom is -0.352 e. The number of hydrogen-bond acceptors (Lipinski definition) is 4. The Hall–Kier alpha value is -2.22. The number of nitrogens with zero attached hydrogens (tertiary/aromatic N) is 1. The second kappa shape index (κ2) is 9.47. The van der Waals surface area contributed by atoms with E-state index in [9.17, 15) is 14.4 Å². The van der Waals surface area contributed by atoms with Gasteiger partial charge in [0.2, 0.25) is 11.8 Å². The van der Waals surface area contributed by atoms with E-state index >= 15 is 0 Å². The second-order valence-electron chi connectivity index (χ2n) is 6.50. The summed E-state index contributed by atoms with van der Waals surface area (Å²) in [6.45, 7) is 0.0149. The van der Waals surface area contributed by atoms with Crippen molar-refractivity contribution in [2.24, 2.45) is 11.7 Å². The van der Waals surface area contributed by atoms with Crippen LogP contribution in [0.5, 0.6) is 0 Å². The average molecular weight is 378 g/mol. The molecule has 1 aromatic carbocycles. The lowest BCUT2D eigenvalue weighted by Gasteiger charge is -2.30. The fraction of sp³-hybridized carbons (Fsp3) is 0.500. The summed E-state index contributed by atoms with van der Waals surface area (Å²) < 4.78 is 0. The molecule has 1 aliphatic rings. The third-order valence-electron chi connectivity index (χ3n) is 4.56. The molecule has 7 nitrogen and oxygen atoms in total. The number of carbonyl (C=O) groups is 3. The Morgan fingerprint density at radius 3 is 2.46 bits per heavy atom. The number of anilines is 1. The third kappa shape index (κ3) is 5.66. The van der Waals surface area contributed by atoms with Crippen molar-refractivity contribution < 1.29 is 14.4 Å². The van der Waals surface area contributed by atoms with Crippen LogP contribution >= 0.6 is 11.8 Å². The number of likely N-dealkylation sites (N-methyl/N-ethyl adjacent to an activating group) is 1. The van der Waals surface area contributed by atoms with Gasteiger partial charge in [0.1, 0.15) is 0 Å². The Morgan fingerprint density at radius 2 is 1.85 bits per heavy atom. The molecule has 0 radical (unpaired) electrons. The highest BCUT2D eigenvalue weighted by Crippen LogP contribution is 2.26. The molecule has 1 saturated carbocycles. The van der Waals surface area contributed by atoms with E-state index in [2.05, 4.69) is 10.6 Å². The van der Waals surface area contributed by atoms with Crippen LogP contribution in [0.4, 0.5) is 10.5 Å². The minimum atomic E-state index is -0.529. The van der Waals surface area contributed by atoms with Crippen LogP contribution in [0.2, 0.25) is 0 Å². The second-order valence-corrected chi connectivity index (χ2v) is 7.35. The van der Waals surface area contributed by atoms with Gasteiger partial charge in [-0.15, -0.1) is 11.8 Å². The summed E-state index contributed by atoms with van der Waals surface area (Å²) >= 11 is 1.56. The number of urea groups is 1. The van der Waals surface area contributed by atoms with Gasteiger partial charge in [-0.05, 0) is 44.1 Å². The lowest BCUT2D eigenvalue weighted by molar-refractivity contribution is -0.137. The van der Waals surface area contributed by atoms with Crippen LogP contribution < -0.4 is 16.4 Å². The van der Waals surface area contributed by atoms with Crippen LogP contribution in [0, 0.1) is 5.92 Å². The molecule has 0 saturated heterocycles. The number of nitrogens with one attached hydrogen (secondary N) is 2. The Balaban J connectivity index is 1.83. The Kier molecular flexibility index (Phi) is 7.32. The van der Waals surface area contributed by atoms with Crippen LogP contribution in [0.1, 0.15) is 25.7 Å². The van der Waals surface area contributed by atoms with E-state index in [1.807, 2.05) is 30.5 Å². The molecule has 4 N–H and O–H groups in total. The van der Waals surface area contributed by atoms with Crippen molar-refractivity contribution in [1.29, 1.82) is 0 Å². The molecule has 0 spiro atoms. The zero-order chi connectivity index (χ0) is 19.1. The first-order valence-electron chi connectivity index (χ1n) is 8.64. The van der Waals surface area contributed by atoms with E-state index in [1.54, 1.807) is 18.8 Å². The van der Waals surface area contributed by atoms with Gasteiger partial charge < -0.3 is 21.3 Å². The lowest BCUT2D eigenvalue weighted by atomic mass is 9.85. The highest BCUT2D eigenvalue weighted by atomic mass is 32.2. The van der Waals surface area contributed by atoms with E-state index in [0.717, 1.165) is 23.4 Å². The third-order valence-corrected chi connectivity index (χ3v) is 5.36. The number of benzene rings is 1. The molecule has 0 bridgehead atoms. The molecule has 0 aromatic heterocycles. The summed E-state index contributed by atoms with van der Waals surface area (Å²) in [5.74, 6) is -0.362. The first-order valence-corrected chi connectivity index (χ1v) is 9.87. The van der Waals surface area contributed by atoms with Crippen LogP contribution in [0.15, 0.2) is 29.2 Å². The molecule has 0 heterocycles. The molecule has 0 atom stereocenters. The van der Waals surface area contributed by atoms with Crippen molar-refractivity contribution >= 4 is 35.3 Å². The molecule has 0 aliphatic heterocycles. The fourth-order valence-corrected chi connectivity index (χ4v) is 3.78. The molecule has 26 heavy (non-hydrogen) atoms. The maximum Gasteiger partial charge on any atom is 0.312 e. The molecule has 142 valence electrons. The minimum absolute atomic E-state index is 0.0149. The summed E-state index contributed by atoms with van der Waals surface area (Å²) in [6, 6.07) is 7.07. The van der Waals surface area contributed by atoms with Crippen molar-refractivity contribution in [2.45, 2.75) is 36.6 Å². The summed E-state index contributed by atoms with van der Waals surface area (Å²) in [5.41, 5.74) is 5.89. The van der Waals surface area contributed by atoms with E-state index < -0.39 is 6.03 Å². The van der Waals surface area contributed by atoms with Gasteiger partial charge in [-0.1, -0.05) is 12.1 Å². The van der Waals surface area contributed by atoms with Gasteiger partial charge >= 0.3 is 6.03 Å². The normalized spacial score (nSPS) is 19.5. The number of amides is 4. The number of rotatable bonds is 6. The largest absolute Gasteiger partial charge is 0.352 e. The van der Waals surface area contributed by atoms with E-state index in [0.29, 0.717) is 12.8 Å². The first kappa shape index (κ1) is 20.1. The maximum atomic E-state index is 12.6. The Labute approximate surface area is 158 Å². The molecule has 2 rings (SSSR count). The van der Waals surface area contributed by atoms with Crippen LogP contribution in [-0.4, -0.2) is 48.6 Å². The molecule has 1 aliphatic carbocycles. The van der Waals surface area contributed by atoms with E-state index in [1.165, 1.54) is 4.90 Å². The van der Waals surface area contributed by atoms with Gasteiger partial charge in [-0.2, -0.15) is 0 Å². The van der Waals surface area contributed by atoms with Crippen molar-refractivity contribution in [3.05, 3.63) is 24.3 Å². The Bertz CT molecular complexity index is 660. The smallest absolute Gasteiger partial charge is 0.312 e. The van der Waals surface area contributed by atoms with Crippen LogP contribution in [0.3, 0.4) is 0 Å². The van der Waals surface area contributed by atoms with Gasteiger partial charge in [-0.3, -0.25) is 9.59 Å². The molecule has 0 unspecified atom stereocenters.